The van der Waals surface area contributed by atoms with Gasteiger partial charge in [-0.1, -0.05) is 13.8 Å². The van der Waals surface area contributed by atoms with Crippen molar-refractivity contribution in [3.05, 3.63) is 33.6 Å². The largest absolute Gasteiger partial charge is 0.314 e. The molecule has 0 aliphatic rings. The molecule has 2 atom stereocenters. The van der Waals surface area contributed by atoms with Crippen LogP contribution in [0.3, 0.4) is 0 Å². The van der Waals surface area contributed by atoms with Gasteiger partial charge in [0, 0.05) is 24.2 Å². The molecule has 0 aromatic carbocycles. The number of hydrogen-bond acceptors (Lipinski definition) is 4. The SMILES string of the molecule is CCCNC(C)C(CC)c1ncc(C)cc1[N+](=O)[O-]. The zero-order chi connectivity index (χ0) is 14.4. The molecule has 0 spiro atoms. The van der Waals surface area contributed by atoms with Crippen molar-refractivity contribution in [1.29, 1.82) is 0 Å². The van der Waals surface area contributed by atoms with E-state index in [1.165, 1.54) is 0 Å². The summed E-state index contributed by atoms with van der Waals surface area (Å²) in [5.74, 6) is 0.0625. The lowest BCUT2D eigenvalue weighted by Crippen LogP contribution is -2.33. The predicted molar refractivity (Wildman–Crippen MR) is 76.4 cm³/mol. The molecule has 0 aliphatic heterocycles. The van der Waals surface area contributed by atoms with E-state index in [-0.39, 0.29) is 22.6 Å². The molecule has 1 N–H and O–H groups in total. The molecular formula is C14H23N3O2. The van der Waals surface area contributed by atoms with E-state index < -0.39 is 0 Å². The van der Waals surface area contributed by atoms with Crippen LogP contribution in [0.4, 0.5) is 5.69 Å². The van der Waals surface area contributed by atoms with Crippen molar-refractivity contribution in [1.82, 2.24) is 10.3 Å². The molecule has 0 fully saturated rings. The normalized spacial score (nSPS) is 14.1. The minimum Gasteiger partial charge on any atom is -0.314 e. The van der Waals surface area contributed by atoms with Crippen molar-refractivity contribution >= 4 is 5.69 Å². The maximum absolute atomic E-state index is 11.2. The number of hydrogen-bond donors (Lipinski definition) is 1. The van der Waals surface area contributed by atoms with Crippen molar-refractivity contribution in [2.75, 3.05) is 6.54 Å². The third-order valence-electron chi connectivity index (χ3n) is 3.34. The fraction of sp³-hybridized carbons (Fsp3) is 0.643. The number of aromatic nitrogens is 1. The lowest BCUT2D eigenvalue weighted by molar-refractivity contribution is -0.386. The van der Waals surface area contributed by atoms with E-state index in [1.807, 2.05) is 13.8 Å². The number of rotatable bonds is 7. The summed E-state index contributed by atoms with van der Waals surface area (Å²) in [7, 11) is 0. The summed E-state index contributed by atoms with van der Waals surface area (Å²) >= 11 is 0. The number of nitrogens with zero attached hydrogens (tertiary/aromatic N) is 2. The van der Waals surface area contributed by atoms with Crippen molar-refractivity contribution < 1.29 is 4.92 Å². The van der Waals surface area contributed by atoms with Crippen LogP contribution in [0.25, 0.3) is 0 Å². The number of aryl methyl sites for hydroxylation is 1. The number of pyridine rings is 1. The molecule has 0 radical (unpaired) electrons. The summed E-state index contributed by atoms with van der Waals surface area (Å²) < 4.78 is 0. The Morgan fingerprint density at radius 2 is 2.16 bits per heavy atom. The standard InChI is InChI=1S/C14H23N3O2/c1-5-7-15-11(4)12(6-2)14-13(17(18)19)8-10(3)9-16-14/h8-9,11-12,15H,5-7H2,1-4H3. The first kappa shape index (κ1) is 15.6. The maximum atomic E-state index is 11.2. The molecule has 5 heteroatoms. The van der Waals surface area contributed by atoms with Crippen molar-refractivity contribution in [2.45, 2.75) is 52.5 Å². The second kappa shape index (κ2) is 7.19. The average molecular weight is 265 g/mol. The average Bonchev–Trinajstić information content (AvgIpc) is 2.38. The molecule has 0 bridgehead atoms. The summed E-state index contributed by atoms with van der Waals surface area (Å²) in [5.41, 5.74) is 1.55. The van der Waals surface area contributed by atoms with Gasteiger partial charge in [-0.15, -0.1) is 0 Å². The highest BCUT2D eigenvalue weighted by Gasteiger charge is 2.26. The van der Waals surface area contributed by atoms with Crippen LogP contribution in [0.15, 0.2) is 12.3 Å². The second-order valence-corrected chi connectivity index (χ2v) is 4.93. The molecule has 1 heterocycles. The Morgan fingerprint density at radius 1 is 1.47 bits per heavy atom. The van der Waals surface area contributed by atoms with Crippen molar-refractivity contribution in [2.24, 2.45) is 0 Å². The molecule has 19 heavy (non-hydrogen) atoms. The quantitative estimate of drug-likeness (QED) is 0.607. The summed E-state index contributed by atoms with van der Waals surface area (Å²) in [5, 5.41) is 14.6. The molecule has 0 saturated heterocycles. The monoisotopic (exact) mass is 265 g/mol. The highest BCUT2D eigenvalue weighted by Crippen LogP contribution is 2.30. The van der Waals surface area contributed by atoms with Gasteiger partial charge >= 0.3 is 0 Å². The fourth-order valence-electron chi connectivity index (χ4n) is 2.29. The number of nitro groups is 1. The molecule has 106 valence electrons. The molecule has 0 amide bonds. The van der Waals surface area contributed by atoms with Gasteiger partial charge in [-0.25, -0.2) is 0 Å². The third kappa shape index (κ3) is 3.99. The zero-order valence-corrected chi connectivity index (χ0v) is 12.1. The van der Waals surface area contributed by atoms with Gasteiger partial charge in [0.1, 0.15) is 5.69 Å². The lowest BCUT2D eigenvalue weighted by Gasteiger charge is -2.23. The minimum atomic E-state index is -0.329. The smallest absolute Gasteiger partial charge is 0.291 e. The molecule has 0 saturated carbocycles. The zero-order valence-electron chi connectivity index (χ0n) is 12.1. The van der Waals surface area contributed by atoms with E-state index in [1.54, 1.807) is 12.3 Å². The van der Waals surface area contributed by atoms with Crippen LogP contribution in [0.2, 0.25) is 0 Å². The first-order chi connectivity index (χ1) is 9.01. The van der Waals surface area contributed by atoms with Crippen LogP contribution in [0.1, 0.15) is 50.8 Å². The highest BCUT2D eigenvalue weighted by molar-refractivity contribution is 5.40. The van der Waals surface area contributed by atoms with Gasteiger partial charge in [-0.3, -0.25) is 15.1 Å². The minimum absolute atomic E-state index is 0.0625. The summed E-state index contributed by atoms with van der Waals surface area (Å²) in [6.45, 7) is 8.95. The van der Waals surface area contributed by atoms with Gasteiger partial charge in [-0.2, -0.15) is 0 Å². The molecule has 1 rings (SSSR count). The molecule has 0 aliphatic carbocycles. The van der Waals surface area contributed by atoms with Crippen LogP contribution in [-0.4, -0.2) is 22.5 Å². The van der Waals surface area contributed by atoms with Crippen LogP contribution in [0.5, 0.6) is 0 Å². The van der Waals surface area contributed by atoms with Gasteiger partial charge in [0.2, 0.25) is 0 Å². The topological polar surface area (TPSA) is 68.1 Å². The molecular weight excluding hydrogens is 242 g/mol. The van der Waals surface area contributed by atoms with Gasteiger partial charge in [0.25, 0.3) is 5.69 Å². The van der Waals surface area contributed by atoms with E-state index in [2.05, 4.69) is 24.1 Å². The fourth-order valence-corrected chi connectivity index (χ4v) is 2.29. The van der Waals surface area contributed by atoms with Crippen molar-refractivity contribution in [3.8, 4) is 0 Å². The van der Waals surface area contributed by atoms with Crippen molar-refractivity contribution in [3.63, 3.8) is 0 Å². The Kier molecular flexibility index (Phi) is 5.89. The van der Waals surface area contributed by atoms with Gasteiger partial charge < -0.3 is 5.32 Å². The Bertz CT molecular complexity index is 435. The van der Waals surface area contributed by atoms with Gasteiger partial charge in [0.05, 0.1) is 4.92 Å². The second-order valence-electron chi connectivity index (χ2n) is 4.93. The first-order valence-corrected chi connectivity index (χ1v) is 6.85. The Morgan fingerprint density at radius 3 is 2.68 bits per heavy atom. The summed E-state index contributed by atoms with van der Waals surface area (Å²) in [6, 6.07) is 1.79. The van der Waals surface area contributed by atoms with Gasteiger partial charge in [-0.05, 0) is 38.8 Å². The van der Waals surface area contributed by atoms with Crippen LogP contribution in [-0.2, 0) is 0 Å². The third-order valence-corrected chi connectivity index (χ3v) is 3.34. The van der Waals surface area contributed by atoms with Crippen LogP contribution >= 0.6 is 0 Å². The van der Waals surface area contributed by atoms with E-state index in [0.29, 0.717) is 5.69 Å². The first-order valence-electron chi connectivity index (χ1n) is 6.85. The van der Waals surface area contributed by atoms with E-state index in [4.69, 9.17) is 0 Å². The van der Waals surface area contributed by atoms with Crippen LogP contribution < -0.4 is 5.32 Å². The van der Waals surface area contributed by atoms with Gasteiger partial charge in [0.15, 0.2) is 0 Å². The van der Waals surface area contributed by atoms with E-state index in [9.17, 15) is 10.1 Å². The Balaban J connectivity index is 3.07. The molecule has 5 nitrogen and oxygen atoms in total. The molecule has 2 unspecified atom stereocenters. The van der Waals surface area contributed by atoms with E-state index >= 15 is 0 Å². The Labute approximate surface area is 114 Å². The lowest BCUT2D eigenvalue weighted by atomic mass is 9.92. The highest BCUT2D eigenvalue weighted by atomic mass is 16.6. The Hall–Kier alpha value is -1.49. The number of nitrogens with one attached hydrogen (secondary N) is 1. The predicted octanol–water partition coefficient (Wildman–Crippen LogP) is 3.18. The molecule has 1 aromatic rings. The maximum Gasteiger partial charge on any atom is 0.291 e. The summed E-state index contributed by atoms with van der Waals surface area (Å²) in [4.78, 5) is 15.2. The van der Waals surface area contributed by atoms with E-state index in [0.717, 1.165) is 24.9 Å². The molecule has 1 aromatic heterocycles. The summed E-state index contributed by atoms with van der Waals surface area (Å²) in [6.07, 6.45) is 3.58. The van der Waals surface area contributed by atoms with Crippen LogP contribution in [0, 0.1) is 17.0 Å².